The van der Waals surface area contributed by atoms with Gasteiger partial charge >= 0.3 is 5.97 Å². The van der Waals surface area contributed by atoms with Crippen LogP contribution in [0.2, 0.25) is 0 Å². The average molecular weight is 273 g/mol. The van der Waals surface area contributed by atoms with Crippen LogP contribution in [0.5, 0.6) is 0 Å². The maximum atomic E-state index is 13.6. The van der Waals surface area contributed by atoms with E-state index in [1.54, 1.807) is 0 Å². The second-order valence-corrected chi connectivity index (χ2v) is 4.38. The molecule has 0 radical (unpaired) electrons. The highest BCUT2D eigenvalue weighted by molar-refractivity contribution is 5.93. The van der Waals surface area contributed by atoms with Gasteiger partial charge in [-0.05, 0) is 18.9 Å². The van der Waals surface area contributed by atoms with Gasteiger partial charge in [-0.3, -0.25) is 9.59 Å². The first-order chi connectivity index (χ1) is 8.88. The van der Waals surface area contributed by atoms with Crippen LogP contribution in [-0.4, -0.2) is 23.5 Å². The zero-order valence-electron chi connectivity index (χ0n) is 9.67. The number of carboxylic acids is 1. The lowest BCUT2D eigenvalue weighted by Crippen LogP contribution is -2.38. The molecule has 2 N–H and O–H groups in total. The van der Waals surface area contributed by atoms with Gasteiger partial charge in [0.15, 0.2) is 17.5 Å². The summed E-state index contributed by atoms with van der Waals surface area (Å²) in [6.07, 6.45) is 0.529. The number of carbonyl (C=O) groups is 2. The fraction of sp³-hybridized carbons (Fsp3) is 0.333. The Morgan fingerprint density at radius 1 is 1.21 bits per heavy atom. The minimum Gasteiger partial charge on any atom is -0.480 e. The number of hydrogen-bond donors (Lipinski definition) is 2. The smallest absolute Gasteiger partial charge is 0.322 e. The Morgan fingerprint density at radius 2 is 1.84 bits per heavy atom. The topological polar surface area (TPSA) is 66.4 Å². The Bertz CT molecular complexity index is 555. The van der Waals surface area contributed by atoms with Gasteiger partial charge in [0.05, 0.1) is 5.41 Å². The Morgan fingerprint density at radius 3 is 2.37 bits per heavy atom. The first kappa shape index (κ1) is 13.4. The summed E-state index contributed by atoms with van der Waals surface area (Å²) in [6.45, 7) is -0.605. The maximum absolute atomic E-state index is 13.6. The van der Waals surface area contributed by atoms with Crippen molar-refractivity contribution in [2.24, 2.45) is 0 Å². The normalized spacial score (nSPS) is 15.9. The molecule has 0 spiro atoms. The molecule has 1 aliphatic carbocycles. The molecule has 7 heteroatoms. The van der Waals surface area contributed by atoms with E-state index in [2.05, 4.69) is 5.32 Å². The Kier molecular flexibility index (Phi) is 3.21. The fourth-order valence-electron chi connectivity index (χ4n) is 1.96. The molecule has 102 valence electrons. The Hall–Kier alpha value is -2.05. The zero-order valence-corrected chi connectivity index (χ0v) is 9.67. The number of amides is 1. The summed E-state index contributed by atoms with van der Waals surface area (Å²) in [4.78, 5) is 22.2. The number of nitrogens with one attached hydrogen (secondary N) is 1. The first-order valence-electron chi connectivity index (χ1n) is 5.52. The highest BCUT2D eigenvalue weighted by Gasteiger charge is 2.53. The van der Waals surface area contributed by atoms with Gasteiger partial charge in [0.2, 0.25) is 5.91 Å². The fourth-order valence-corrected chi connectivity index (χ4v) is 1.96. The number of halogens is 3. The van der Waals surface area contributed by atoms with E-state index in [4.69, 9.17) is 5.11 Å². The van der Waals surface area contributed by atoms with Gasteiger partial charge in [0.1, 0.15) is 6.54 Å². The predicted octanol–water partition coefficient (Wildman–Crippen LogP) is 1.34. The third-order valence-corrected chi connectivity index (χ3v) is 3.14. The summed E-state index contributed by atoms with van der Waals surface area (Å²) in [5.41, 5.74) is -1.53. The SMILES string of the molecule is O=C(O)CNC(=O)C1(c2ccc(F)c(F)c2F)CC1. The lowest BCUT2D eigenvalue weighted by molar-refractivity contribution is -0.138. The molecule has 1 saturated carbocycles. The second kappa shape index (κ2) is 4.56. The number of carbonyl (C=O) groups excluding carboxylic acids is 1. The third-order valence-electron chi connectivity index (χ3n) is 3.14. The molecule has 1 aromatic carbocycles. The molecule has 0 bridgehead atoms. The summed E-state index contributed by atoms with van der Waals surface area (Å²) < 4.78 is 39.6. The van der Waals surface area contributed by atoms with Gasteiger partial charge in [0, 0.05) is 5.56 Å². The molecule has 4 nitrogen and oxygen atoms in total. The van der Waals surface area contributed by atoms with Crippen LogP contribution in [-0.2, 0) is 15.0 Å². The van der Waals surface area contributed by atoms with E-state index in [-0.39, 0.29) is 18.4 Å². The van der Waals surface area contributed by atoms with E-state index in [1.807, 2.05) is 0 Å². The quantitative estimate of drug-likeness (QED) is 0.813. The molecule has 0 unspecified atom stereocenters. The maximum Gasteiger partial charge on any atom is 0.322 e. The molecule has 2 rings (SSSR count). The second-order valence-electron chi connectivity index (χ2n) is 4.38. The predicted molar refractivity (Wildman–Crippen MR) is 57.9 cm³/mol. The van der Waals surface area contributed by atoms with Crippen molar-refractivity contribution < 1.29 is 27.9 Å². The lowest BCUT2D eigenvalue weighted by Gasteiger charge is -2.16. The van der Waals surface area contributed by atoms with Gasteiger partial charge in [0.25, 0.3) is 0 Å². The van der Waals surface area contributed by atoms with E-state index in [0.29, 0.717) is 0 Å². The molecule has 19 heavy (non-hydrogen) atoms. The summed E-state index contributed by atoms with van der Waals surface area (Å²) >= 11 is 0. The molecule has 1 aliphatic rings. The number of benzene rings is 1. The van der Waals surface area contributed by atoms with Crippen molar-refractivity contribution in [3.63, 3.8) is 0 Å². The van der Waals surface area contributed by atoms with Crippen LogP contribution < -0.4 is 5.32 Å². The van der Waals surface area contributed by atoms with Crippen molar-refractivity contribution in [1.82, 2.24) is 5.32 Å². The molecule has 0 aliphatic heterocycles. The minimum absolute atomic E-state index is 0.241. The van der Waals surface area contributed by atoms with Crippen LogP contribution in [0.4, 0.5) is 13.2 Å². The number of hydrogen-bond acceptors (Lipinski definition) is 2. The summed E-state index contributed by atoms with van der Waals surface area (Å²) in [5, 5.41) is 10.6. The van der Waals surface area contributed by atoms with Crippen molar-refractivity contribution in [2.75, 3.05) is 6.54 Å². The van der Waals surface area contributed by atoms with Crippen LogP contribution in [0.15, 0.2) is 12.1 Å². The largest absolute Gasteiger partial charge is 0.480 e. The number of rotatable bonds is 4. The molecule has 1 aromatic rings. The van der Waals surface area contributed by atoms with Crippen LogP contribution in [0.1, 0.15) is 18.4 Å². The van der Waals surface area contributed by atoms with Crippen LogP contribution >= 0.6 is 0 Å². The van der Waals surface area contributed by atoms with Crippen molar-refractivity contribution in [3.8, 4) is 0 Å². The summed E-state index contributed by atoms with van der Waals surface area (Å²) in [7, 11) is 0. The van der Waals surface area contributed by atoms with Gasteiger partial charge in [-0.15, -0.1) is 0 Å². The minimum atomic E-state index is -1.63. The van der Waals surface area contributed by atoms with Gasteiger partial charge in [-0.2, -0.15) is 0 Å². The first-order valence-corrected chi connectivity index (χ1v) is 5.52. The van der Waals surface area contributed by atoms with Crippen molar-refractivity contribution >= 4 is 11.9 Å². The Balaban J connectivity index is 2.28. The monoisotopic (exact) mass is 273 g/mol. The molecule has 0 aromatic heterocycles. The zero-order chi connectivity index (χ0) is 14.2. The number of carboxylic acid groups (broad SMARTS) is 1. The molecule has 0 saturated heterocycles. The van der Waals surface area contributed by atoms with E-state index >= 15 is 0 Å². The molecule has 1 amide bonds. The highest BCUT2D eigenvalue weighted by atomic mass is 19.2. The van der Waals surface area contributed by atoms with Crippen LogP contribution in [0.3, 0.4) is 0 Å². The van der Waals surface area contributed by atoms with Crippen LogP contribution in [0.25, 0.3) is 0 Å². The van der Waals surface area contributed by atoms with Crippen molar-refractivity contribution in [1.29, 1.82) is 0 Å². The number of aliphatic carboxylic acids is 1. The van der Waals surface area contributed by atoms with Gasteiger partial charge in [-0.25, -0.2) is 13.2 Å². The highest BCUT2D eigenvalue weighted by Crippen LogP contribution is 2.49. The lowest BCUT2D eigenvalue weighted by atomic mass is 9.94. The molecule has 0 atom stereocenters. The van der Waals surface area contributed by atoms with Gasteiger partial charge < -0.3 is 10.4 Å². The Labute approximate surface area is 106 Å². The molecular formula is C12H10F3NO3. The molecule has 1 fully saturated rings. The van der Waals surface area contributed by atoms with E-state index in [1.165, 1.54) is 0 Å². The van der Waals surface area contributed by atoms with Crippen molar-refractivity contribution in [3.05, 3.63) is 35.1 Å². The summed E-state index contributed by atoms with van der Waals surface area (Å²) in [5.74, 6) is -6.30. The molecular weight excluding hydrogens is 263 g/mol. The van der Waals surface area contributed by atoms with E-state index in [0.717, 1.165) is 12.1 Å². The molecule has 0 heterocycles. The van der Waals surface area contributed by atoms with Crippen LogP contribution in [0, 0.1) is 17.5 Å². The standard InChI is InChI=1S/C12H10F3NO3/c13-7-2-1-6(9(14)10(7)15)12(3-4-12)11(19)16-5-8(17)18/h1-2H,3-5H2,(H,16,19)(H,17,18). The van der Waals surface area contributed by atoms with E-state index in [9.17, 15) is 22.8 Å². The van der Waals surface area contributed by atoms with E-state index < -0.39 is 41.3 Å². The van der Waals surface area contributed by atoms with Crippen molar-refractivity contribution in [2.45, 2.75) is 18.3 Å². The summed E-state index contributed by atoms with van der Waals surface area (Å²) in [6, 6.07) is 1.76. The average Bonchev–Trinajstić information content (AvgIpc) is 3.14. The third kappa shape index (κ3) is 2.27. The van der Waals surface area contributed by atoms with Gasteiger partial charge in [-0.1, -0.05) is 6.07 Å².